The number of hydrogen-bond donors (Lipinski definition) is 0. The fourth-order valence-electron chi connectivity index (χ4n) is 2.95. The second kappa shape index (κ2) is 15.0. The number of furan rings is 1. The van der Waals surface area contributed by atoms with Crippen LogP contribution in [0.1, 0.15) is 45.8 Å². The smallest absolute Gasteiger partial charge is 0.156 e. The van der Waals surface area contributed by atoms with E-state index in [-0.39, 0.29) is 0 Å². The lowest BCUT2D eigenvalue weighted by Gasteiger charge is -2.23. The first-order valence-corrected chi connectivity index (χ1v) is 11.9. The molecule has 0 bridgehead atoms. The zero-order chi connectivity index (χ0) is 23.2. The number of carbonyl (C=O) groups is 1. The van der Waals surface area contributed by atoms with Crippen LogP contribution < -0.4 is 4.74 Å². The Balaban J connectivity index is 0.000000373. The largest absolute Gasteiger partial charge is 0.497 e. The van der Waals surface area contributed by atoms with Gasteiger partial charge in [-0.3, -0.25) is 4.79 Å². The fraction of sp³-hybridized carbons (Fsp3) is 0.440. The van der Waals surface area contributed by atoms with Gasteiger partial charge >= 0.3 is 0 Å². The van der Waals surface area contributed by atoms with Crippen molar-refractivity contribution in [2.75, 3.05) is 21.2 Å². The molecule has 1 unspecified atom stereocenters. The van der Waals surface area contributed by atoms with E-state index in [1.165, 1.54) is 35.7 Å². The van der Waals surface area contributed by atoms with Crippen LogP contribution in [0.25, 0.3) is 17.4 Å². The number of thiocarbonyl (C=S) groups is 1. The molecule has 0 saturated heterocycles. The molecule has 6 heteroatoms. The van der Waals surface area contributed by atoms with E-state index in [1.807, 2.05) is 36.4 Å². The maximum atomic E-state index is 10.8. The second-order valence-corrected chi connectivity index (χ2v) is 9.02. The molecule has 0 amide bonds. The van der Waals surface area contributed by atoms with Crippen molar-refractivity contribution in [1.82, 2.24) is 4.90 Å². The lowest BCUT2D eigenvalue weighted by Crippen LogP contribution is -2.26. The highest BCUT2D eigenvalue weighted by Crippen LogP contribution is 2.26. The number of aldehydes is 1. The SMILES string of the molecule is CCC(CC)CC(C)N(C)C.COc1ccc(-c2ccc(/C=C(/C=O)SC=S)o2)cc1. The third kappa shape index (κ3) is 9.85. The molecule has 0 saturated carbocycles. The van der Waals surface area contributed by atoms with Gasteiger partial charge in [0.25, 0.3) is 0 Å². The summed E-state index contributed by atoms with van der Waals surface area (Å²) in [5.74, 6) is 3.06. The molecule has 31 heavy (non-hydrogen) atoms. The number of hydrogen-bond acceptors (Lipinski definition) is 6. The van der Waals surface area contributed by atoms with E-state index in [0.717, 1.165) is 35.3 Å². The van der Waals surface area contributed by atoms with Crippen LogP contribution in [-0.2, 0) is 4.79 Å². The van der Waals surface area contributed by atoms with Gasteiger partial charge in [-0.25, -0.2) is 0 Å². The van der Waals surface area contributed by atoms with Crippen molar-refractivity contribution in [3.63, 3.8) is 0 Å². The average Bonchev–Trinajstić information content (AvgIpc) is 3.25. The van der Waals surface area contributed by atoms with Crippen molar-refractivity contribution >= 4 is 41.0 Å². The molecule has 1 aromatic carbocycles. The molecule has 0 radical (unpaired) electrons. The number of allylic oxidation sites excluding steroid dienone is 1. The molecule has 2 aromatic rings. The summed E-state index contributed by atoms with van der Waals surface area (Å²) in [4.78, 5) is 13.6. The van der Waals surface area contributed by atoms with Gasteiger partial charge in [-0.15, -0.1) is 0 Å². The molecule has 0 N–H and O–H groups in total. The lowest BCUT2D eigenvalue weighted by atomic mass is 9.95. The van der Waals surface area contributed by atoms with Crippen LogP contribution in [0.3, 0.4) is 0 Å². The predicted octanol–water partition coefficient (Wildman–Crippen LogP) is 6.95. The van der Waals surface area contributed by atoms with Gasteiger partial charge in [0.1, 0.15) is 17.3 Å². The summed E-state index contributed by atoms with van der Waals surface area (Å²) in [6.07, 6.45) is 6.42. The predicted molar refractivity (Wildman–Crippen MR) is 138 cm³/mol. The standard InChI is InChI=1S/C15H12O3S2.C10H23N/c1-17-12-4-2-11(3-5-12)15-7-6-13(18-15)8-14(9-16)20-10-19;1-6-10(7-2)8-9(3)11(4)5/h2-10H,1H3;9-10H,6-8H2,1-5H3/b14-8-;. The molecule has 0 fully saturated rings. The normalized spacial score (nSPS) is 12.3. The third-order valence-corrected chi connectivity index (χ3v) is 6.17. The highest BCUT2D eigenvalue weighted by Gasteiger charge is 2.10. The first-order chi connectivity index (χ1) is 14.9. The molecule has 0 aliphatic rings. The highest BCUT2D eigenvalue weighted by molar-refractivity contribution is 8.23. The second-order valence-electron chi connectivity index (χ2n) is 7.54. The van der Waals surface area contributed by atoms with E-state index in [9.17, 15) is 4.79 Å². The van der Waals surface area contributed by atoms with Crippen LogP contribution in [0.2, 0.25) is 0 Å². The highest BCUT2D eigenvalue weighted by atomic mass is 32.2. The van der Waals surface area contributed by atoms with E-state index in [0.29, 0.717) is 10.7 Å². The number of methoxy groups -OCH3 is 1. The molecule has 170 valence electrons. The van der Waals surface area contributed by atoms with Crippen molar-refractivity contribution in [2.45, 2.75) is 46.1 Å². The van der Waals surface area contributed by atoms with E-state index in [4.69, 9.17) is 21.4 Å². The number of nitrogens with zero attached hydrogens (tertiary/aromatic N) is 1. The van der Waals surface area contributed by atoms with Gasteiger partial charge in [-0.1, -0.05) is 50.7 Å². The summed E-state index contributed by atoms with van der Waals surface area (Å²) in [7, 11) is 5.94. The summed E-state index contributed by atoms with van der Waals surface area (Å²) >= 11 is 5.90. The minimum absolute atomic E-state index is 0.510. The number of ether oxygens (including phenoxy) is 1. The van der Waals surface area contributed by atoms with Crippen LogP contribution in [0.5, 0.6) is 5.75 Å². The van der Waals surface area contributed by atoms with Crippen molar-refractivity contribution in [1.29, 1.82) is 0 Å². The van der Waals surface area contributed by atoms with Gasteiger partial charge in [0, 0.05) is 16.3 Å². The molecule has 4 nitrogen and oxygen atoms in total. The molecule has 1 atom stereocenters. The Morgan fingerprint density at radius 1 is 1.16 bits per heavy atom. The van der Waals surface area contributed by atoms with Crippen molar-refractivity contribution < 1.29 is 13.9 Å². The summed E-state index contributed by atoms with van der Waals surface area (Å²) in [5, 5.41) is 0. The summed E-state index contributed by atoms with van der Waals surface area (Å²) < 4.78 is 12.2. The third-order valence-electron chi connectivity index (χ3n) is 5.30. The first-order valence-electron chi connectivity index (χ1n) is 10.6. The molecule has 1 heterocycles. The van der Waals surface area contributed by atoms with Crippen LogP contribution in [0.4, 0.5) is 0 Å². The minimum Gasteiger partial charge on any atom is -0.497 e. The number of rotatable bonds is 11. The molecule has 0 aliphatic heterocycles. The number of thioether (sulfide) groups is 1. The van der Waals surface area contributed by atoms with Gasteiger partial charge in [-0.05, 0) is 75.8 Å². The van der Waals surface area contributed by atoms with Crippen molar-refractivity contribution in [3.8, 4) is 17.1 Å². The Kier molecular flexibility index (Phi) is 13.1. The monoisotopic (exact) mass is 461 g/mol. The Morgan fingerprint density at radius 3 is 2.29 bits per heavy atom. The molecular weight excluding hydrogens is 426 g/mol. The maximum Gasteiger partial charge on any atom is 0.156 e. The van der Waals surface area contributed by atoms with Crippen molar-refractivity contribution in [2.24, 2.45) is 5.92 Å². The quantitative estimate of drug-likeness (QED) is 0.205. The Hall–Kier alpha value is -1.89. The molecule has 1 aromatic heterocycles. The zero-order valence-corrected chi connectivity index (χ0v) is 21.1. The maximum absolute atomic E-state index is 10.8. The van der Waals surface area contributed by atoms with Crippen LogP contribution in [0, 0.1) is 5.92 Å². The van der Waals surface area contributed by atoms with Gasteiger partial charge < -0.3 is 14.1 Å². The van der Waals surface area contributed by atoms with Gasteiger partial charge in [0.05, 0.1) is 12.0 Å². The van der Waals surface area contributed by atoms with Gasteiger partial charge in [0.15, 0.2) is 6.29 Å². The van der Waals surface area contributed by atoms with E-state index in [2.05, 4.69) is 39.8 Å². The minimum atomic E-state index is 0.510. The Morgan fingerprint density at radius 2 is 1.81 bits per heavy atom. The van der Waals surface area contributed by atoms with Gasteiger partial charge in [0.2, 0.25) is 0 Å². The summed E-state index contributed by atoms with van der Waals surface area (Å²) in [6.45, 7) is 6.88. The van der Waals surface area contributed by atoms with E-state index >= 15 is 0 Å². The van der Waals surface area contributed by atoms with Gasteiger partial charge in [-0.2, -0.15) is 0 Å². The zero-order valence-electron chi connectivity index (χ0n) is 19.5. The van der Waals surface area contributed by atoms with E-state index < -0.39 is 0 Å². The Labute approximate surface area is 197 Å². The fourth-order valence-corrected chi connectivity index (χ4v) is 3.63. The molecular formula is C25H35NO3S2. The molecule has 0 spiro atoms. The summed E-state index contributed by atoms with van der Waals surface area (Å²) in [5.41, 5.74) is 0.945. The van der Waals surface area contributed by atoms with E-state index in [1.54, 1.807) is 13.2 Å². The topological polar surface area (TPSA) is 42.7 Å². The van der Waals surface area contributed by atoms with Crippen LogP contribution in [0.15, 0.2) is 45.7 Å². The molecule has 2 rings (SSSR count). The number of benzene rings is 1. The molecule has 0 aliphatic carbocycles. The average molecular weight is 462 g/mol. The lowest BCUT2D eigenvalue weighted by molar-refractivity contribution is -0.104. The number of carbonyl (C=O) groups excluding carboxylic acids is 1. The summed E-state index contributed by atoms with van der Waals surface area (Å²) in [6, 6.07) is 12.0. The Bertz CT molecular complexity index is 808. The first kappa shape index (κ1) is 27.1. The van der Waals surface area contributed by atoms with Crippen LogP contribution in [-0.4, -0.2) is 43.1 Å². The van der Waals surface area contributed by atoms with Crippen LogP contribution >= 0.6 is 24.0 Å². The van der Waals surface area contributed by atoms with Crippen molar-refractivity contribution in [3.05, 3.63) is 47.1 Å².